The molecule has 1 aromatic carbocycles. The lowest BCUT2D eigenvalue weighted by molar-refractivity contribution is 0.0752. The summed E-state index contributed by atoms with van der Waals surface area (Å²) in [4.78, 5) is 0.210. The first-order valence-corrected chi connectivity index (χ1v) is 8.31. The molecule has 1 aliphatic rings. The van der Waals surface area contributed by atoms with Crippen LogP contribution >= 0.6 is 15.9 Å². The average molecular weight is 349 g/mol. The lowest BCUT2D eigenvalue weighted by atomic mass is 10.3. The summed E-state index contributed by atoms with van der Waals surface area (Å²) in [5, 5.41) is 0. The maximum Gasteiger partial charge on any atom is 0.244 e. The Balaban J connectivity index is 2.38. The zero-order valence-electron chi connectivity index (χ0n) is 10.7. The molecule has 1 aromatic rings. The number of ether oxygens (including phenoxy) is 1. The van der Waals surface area contributed by atoms with Gasteiger partial charge in [-0.3, -0.25) is 0 Å². The molecule has 1 aliphatic heterocycles. The Morgan fingerprint density at radius 3 is 2.95 bits per heavy atom. The summed E-state index contributed by atoms with van der Waals surface area (Å²) in [5.74, 6) is 0. The quantitative estimate of drug-likeness (QED) is 0.827. The van der Waals surface area contributed by atoms with Crippen molar-refractivity contribution >= 4 is 31.6 Å². The third-order valence-electron chi connectivity index (χ3n) is 2.99. The summed E-state index contributed by atoms with van der Waals surface area (Å²) < 4.78 is 32.8. The van der Waals surface area contributed by atoms with Crippen molar-refractivity contribution in [3.63, 3.8) is 0 Å². The summed E-state index contributed by atoms with van der Waals surface area (Å²) in [6.07, 6.45) is 0.598. The number of nitrogens with two attached hydrogens (primary N) is 1. The first-order valence-electron chi connectivity index (χ1n) is 6.08. The van der Waals surface area contributed by atoms with Crippen molar-refractivity contribution in [3.8, 4) is 0 Å². The molecule has 7 heteroatoms. The molecular formula is C12H17BrN2O3S. The first kappa shape index (κ1) is 14.8. The van der Waals surface area contributed by atoms with Gasteiger partial charge in [0.25, 0.3) is 0 Å². The van der Waals surface area contributed by atoms with Crippen LogP contribution in [0.15, 0.2) is 27.6 Å². The molecule has 0 spiro atoms. The third kappa shape index (κ3) is 3.28. The van der Waals surface area contributed by atoms with E-state index in [2.05, 4.69) is 15.9 Å². The number of nitrogens with zero attached hydrogens (tertiary/aromatic N) is 1. The lowest BCUT2D eigenvalue weighted by Gasteiger charge is -2.22. The highest BCUT2D eigenvalue weighted by Crippen LogP contribution is 2.28. The molecule has 1 unspecified atom stereocenters. The van der Waals surface area contributed by atoms with Crippen LogP contribution in [0.3, 0.4) is 0 Å². The fraction of sp³-hybridized carbons (Fsp3) is 0.500. The number of nitrogen functional groups attached to an aromatic ring is 1. The number of rotatable bonds is 2. The van der Waals surface area contributed by atoms with Gasteiger partial charge < -0.3 is 10.5 Å². The van der Waals surface area contributed by atoms with Crippen LogP contribution < -0.4 is 5.73 Å². The van der Waals surface area contributed by atoms with Crippen molar-refractivity contribution < 1.29 is 13.2 Å². The smallest absolute Gasteiger partial charge is 0.244 e. The van der Waals surface area contributed by atoms with Gasteiger partial charge in [0.15, 0.2) is 0 Å². The van der Waals surface area contributed by atoms with Crippen molar-refractivity contribution in [2.75, 3.05) is 25.4 Å². The van der Waals surface area contributed by atoms with Crippen LogP contribution in [-0.4, -0.2) is 38.5 Å². The highest BCUT2D eigenvalue weighted by atomic mass is 79.9. The SMILES string of the molecule is CC1CN(S(=O)(=O)c2cc(N)ccc2Br)CCCO1. The van der Waals surface area contributed by atoms with E-state index in [4.69, 9.17) is 10.5 Å². The van der Waals surface area contributed by atoms with Crippen LogP contribution in [-0.2, 0) is 14.8 Å². The van der Waals surface area contributed by atoms with Crippen LogP contribution in [0, 0.1) is 0 Å². The molecule has 0 aromatic heterocycles. The highest BCUT2D eigenvalue weighted by molar-refractivity contribution is 9.10. The standard InChI is InChI=1S/C12H17BrN2O3S/c1-9-8-15(5-2-6-18-9)19(16,17)12-7-10(14)3-4-11(12)13/h3-4,7,9H,2,5-6,8,14H2,1H3. The second-order valence-corrected chi connectivity index (χ2v) is 7.35. The molecule has 0 amide bonds. The van der Waals surface area contributed by atoms with Crippen LogP contribution in [0.25, 0.3) is 0 Å². The Morgan fingerprint density at radius 2 is 2.21 bits per heavy atom. The van der Waals surface area contributed by atoms with E-state index in [1.165, 1.54) is 10.4 Å². The van der Waals surface area contributed by atoms with Crippen molar-refractivity contribution in [2.24, 2.45) is 0 Å². The number of sulfonamides is 1. The Bertz CT molecular complexity index is 562. The highest BCUT2D eigenvalue weighted by Gasteiger charge is 2.29. The zero-order chi connectivity index (χ0) is 14.0. The normalized spacial score (nSPS) is 22.1. The van der Waals surface area contributed by atoms with Gasteiger partial charge in [-0.1, -0.05) is 0 Å². The summed E-state index contributed by atoms with van der Waals surface area (Å²) in [5.41, 5.74) is 6.11. The van der Waals surface area contributed by atoms with Crippen molar-refractivity contribution in [1.82, 2.24) is 4.31 Å². The van der Waals surface area contributed by atoms with Gasteiger partial charge >= 0.3 is 0 Å². The Hall–Kier alpha value is -0.630. The number of hydrogen-bond donors (Lipinski definition) is 1. The summed E-state index contributed by atoms with van der Waals surface area (Å²) in [6.45, 7) is 3.30. The van der Waals surface area contributed by atoms with Crippen molar-refractivity contribution in [3.05, 3.63) is 22.7 Å². The maximum absolute atomic E-state index is 12.6. The number of hydrogen-bond acceptors (Lipinski definition) is 4. The Kier molecular flexibility index (Phi) is 4.50. The third-order valence-corrected chi connectivity index (χ3v) is 5.85. The van der Waals surface area contributed by atoms with Crippen LogP contribution in [0.5, 0.6) is 0 Å². The minimum atomic E-state index is -3.54. The van der Waals surface area contributed by atoms with Gasteiger partial charge in [0, 0.05) is 29.9 Å². The molecule has 0 aliphatic carbocycles. The van der Waals surface area contributed by atoms with E-state index in [0.717, 1.165) is 0 Å². The van der Waals surface area contributed by atoms with Gasteiger partial charge in [-0.15, -0.1) is 0 Å². The molecular weight excluding hydrogens is 332 g/mol. The monoisotopic (exact) mass is 348 g/mol. The minimum Gasteiger partial charge on any atom is -0.399 e. The van der Waals surface area contributed by atoms with E-state index in [-0.39, 0.29) is 11.0 Å². The zero-order valence-corrected chi connectivity index (χ0v) is 13.1. The van der Waals surface area contributed by atoms with Crippen LogP contribution in [0.4, 0.5) is 5.69 Å². The molecule has 1 fully saturated rings. The largest absolute Gasteiger partial charge is 0.399 e. The molecule has 1 saturated heterocycles. The molecule has 2 rings (SSSR count). The van der Waals surface area contributed by atoms with E-state index in [9.17, 15) is 8.42 Å². The van der Waals surface area contributed by atoms with Crippen LogP contribution in [0.1, 0.15) is 13.3 Å². The topological polar surface area (TPSA) is 72.6 Å². The summed E-state index contributed by atoms with van der Waals surface area (Å²) in [6, 6.07) is 4.80. The maximum atomic E-state index is 12.6. The minimum absolute atomic E-state index is 0.0999. The van der Waals surface area contributed by atoms with Gasteiger partial charge in [0.05, 0.1) is 11.0 Å². The van der Waals surface area contributed by atoms with Gasteiger partial charge in [0.1, 0.15) is 0 Å². The van der Waals surface area contributed by atoms with E-state index in [1.54, 1.807) is 12.1 Å². The van der Waals surface area contributed by atoms with E-state index >= 15 is 0 Å². The molecule has 1 atom stereocenters. The second kappa shape index (κ2) is 5.78. The lowest BCUT2D eigenvalue weighted by Crippen LogP contribution is -2.36. The number of anilines is 1. The van der Waals surface area contributed by atoms with E-state index in [0.29, 0.717) is 36.3 Å². The molecule has 106 valence electrons. The van der Waals surface area contributed by atoms with Crippen LogP contribution in [0.2, 0.25) is 0 Å². The summed E-state index contributed by atoms with van der Waals surface area (Å²) >= 11 is 3.27. The average Bonchev–Trinajstić information content (AvgIpc) is 2.57. The molecule has 0 radical (unpaired) electrons. The Labute approximate surface area is 121 Å². The first-order chi connectivity index (χ1) is 8.91. The van der Waals surface area contributed by atoms with E-state index < -0.39 is 10.0 Å². The number of benzene rings is 1. The predicted molar refractivity (Wildman–Crippen MR) is 77.3 cm³/mol. The second-order valence-electron chi connectivity index (χ2n) is 4.59. The van der Waals surface area contributed by atoms with Gasteiger partial charge in [0.2, 0.25) is 10.0 Å². The fourth-order valence-corrected chi connectivity index (χ4v) is 4.54. The summed E-state index contributed by atoms with van der Waals surface area (Å²) in [7, 11) is -3.54. The van der Waals surface area contributed by atoms with Crippen molar-refractivity contribution in [1.29, 1.82) is 0 Å². The molecule has 0 bridgehead atoms. The van der Waals surface area contributed by atoms with Gasteiger partial charge in [-0.05, 0) is 47.5 Å². The van der Waals surface area contributed by atoms with Crippen molar-refractivity contribution in [2.45, 2.75) is 24.3 Å². The fourth-order valence-electron chi connectivity index (χ4n) is 2.03. The van der Waals surface area contributed by atoms with E-state index in [1.807, 2.05) is 6.92 Å². The Morgan fingerprint density at radius 1 is 1.47 bits per heavy atom. The molecule has 19 heavy (non-hydrogen) atoms. The van der Waals surface area contributed by atoms with Gasteiger partial charge in [-0.2, -0.15) is 4.31 Å². The molecule has 5 nitrogen and oxygen atoms in total. The molecule has 1 heterocycles. The molecule has 0 saturated carbocycles. The molecule has 2 N–H and O–H groups in total. The predicted octanol–water partition coefficient (Wildman–Crippen LogP) is 1.83. The van der Waals surface area contributed by atoms with Gasteiger partial charge in [-0.25, -0.2) is 8.42 Å². The number of halogens is 1.